The lowest BCUT2D eigenvalue weighted by molar-refractivity contribution is 0.529. The first kappa shape index (κ1) is 37.4. The number of nitrogens with zero attached hydrogens (tertiary/aromatic N) is 1. The second-order valence-corrected chi connectivity index (χ2v) is 16.6. The summed E-state index contributed by atoms with van der Waals surface area (Å²) in [5.41, 5.74) is 17.6. The highest BCUT2D eigenvalue weighted by molar-refractivity contribution is 6.14. The van der Waals surface area contributed by atoms with E-state index in [4.69, 9.17) is 4.98 Å². The molecule has 2 nitrogen and oxygen atoms in total. The van der Waals surface area contributed by atoms with E-state index in [0.717, 1.165) is 36.2 Å². The average molecular weight is 795 g/mol. The van der Waals surface area contributed by atoms with Gasteiger partial charge in [0.25, 0.3) is 0 Å². The Bertz CT molecular complexity index is 3110. The largest absolute Gasteiger partial charge is 0.378 e. The Morgan fingerprint density at radius 2 is 1.16 bits per heavy atom. The first-order valence-electron chi connectivity index (χ1n) is 21.9. The number of nitrogens with one attached hydrogen (secondary N) is 1. The van der Waals surface area contributed by atoms with Crippen LogP contribution < -0.4 is 5.32 Å². The molecule has 2 heterocycles. The van der Waals surface area contributed by atoms with Gasteiger partial charge < -0.3 is 5.32 Å². The fourth-order valence-corrected chi connectivity index (χ4v) is 9.39. The van der Waals surface area contributed by atoms with Gasteiger partial charge in [0.15, 0.2) is 0 Å². The molecule has 3 aliphatic rings. The van der Waals surface area contributed by atoms with Crippen molar-refractivity contribution >= 4 is 38.5 Å². The van der Waals surface area contributed by atoms with Crippen molar-refractivity contribution in [2.45, 2.75) is 25.3 Å². The zero-order valence-corrected chi connectivity index (χ0v) is 34.6. The summed E-state index contributed by atoms with van der Waals surface area (Å²) in [5, 5.41) is 7.62. The molecule has 2 atom stereocenters. The number of hydrogen-bond donors (Lipinski definition) is 1. The summed E-state index contributed by atoms with van der Waals surface area (Å²) in [4.78, 5) is 5.29. The highest BCUT2D eigenvalue weighted by Gasteiger charge is 2.24. The number of rotatable bonds is 8. The Balaban J connectivity index is 1.03. The zero-order valence-electron chi connectivity index (χ0n) is 34.6. The number of hydrogen-bond acceptors (Lipinski definition) is 2. The van der Waals surface area contributed by atoms with Crippen LogP contribution in [0.15, 0.2) is 225 Å². The maximum atomic E-state index is 5.29. The molecule has 62 heavy (non-hydrogen) atoms. The first-order valence-corrected chi connectivity index (χ1v) is 21.9. The monoisotopic (exact) mass is 794 g/mol. The molecule has 11 rings (SSSR count). The lowest BCUT2D eigenvalue weighted by atomic mass is 9.86. The molecule has 0 fully saturated rings. The summed E-state index contributed by atoms with van der Waals surface area (Å²) in [6.07, 6.45) is 23.7. The molecule has 1 N–H and O–H groups in total. The summed E-state index contributed by atoms with van der Waals surface area (Å²) < 4.78 is 0. The van der Waals surface area contributed by atoms with Crippen molar-refractivity contribution in [3.05, 3.63) is 241 Å². The van der Waals surface area contributed by atoms with Crippen LogP contribution in [0.5, 0.6) is 0 Å². The number of dihydropyridines is 1. The number of allylic oxidation sites excluding steroid dienone is 9. The van der Waals surface area contributed by atoms with Crippen LogP contribution in [0.1, 0.15) is 36.1 Å². The van der Waals surface area contributed by atoms with E-state index in [0.29, 0.717) is 5.92 Å². The van der Waals surface area contributed by atoms with Gasteiger partial charge in [0.2, 0.25) is 0 Å². The van der Waals surface area contributed by atoms with Gasteiger partial charge in [-0.3, -0.25) is 0 Å². The van der Waals surface area contributed by atoms with Gasteiger partial charge in [0.1, 0.15) is 0 Å². The SMILES string of the molecule is C1=CCC(C2C=C(c3cccc(-c4ccc5ccc6nc(C7=CCCC=C7)cc(-c7ccccc7)c6c5c4)c3)C=C(c3cc(-c4ccccc4)cc(-c4ccccc4)c3)N2)C=C1. The second-order valence-electron chi connectivity index (χ2n) is 16.6. The summed E-state index contributed by atoms with van der Waals surface area (Å²) in [6.45, 7) is 0. The molecule has 0 saturated heterocycles. The van der Waals surface area contributed by atoms with E-state index in [2.05, 4.69) is 230 Å². The van der Waals surface area contributed by atoms with Crippen LogP contribution in [0, 0.1) is 5.92 Å². The lowest BCUT2D eigenvalue weighted by Gasteiger charge is -2.31. The molecule has 1 aliphatic heterocycles. The molecule has 2 heteroatoms. The fourth-order valence-electron chi connectivity index (χ4n) is 9.39. The van der Waals surface area contributed by atoms with Crippen molar-refractivity contribution in [3.63, 3.8) is 0 Å². The van der Waals surface area contributed by atoms with Crippen molar-refractivity contribution in [3.8, 4) is 44.5 Å². The smallest absolute Gasteiger partial charge is 0.0722 e. The maximum absolute atomic E-state index is 5.29. The number of aromatic nitrogens is 1. The molecule has 0 amide bonds. The topological polar surface area (TPSA) is 24.9 Å². The van der Waals surface area contributed by atoms with Crippen LogP contribution in [0.2, 0.25) is 0 Å². The first-order chi connectivity index (χ1) is 30.7. The average Bonchev–Trinajstić information content (AvgIpc) is 3.37. The Morgan fingerprint density at radius 3 is 1.87 bits per heavy atom. The van der Waals surface area contributed by atoms with E-state index in [1.165, 1.54) is 82.9 Å². The Kier molecular flexibility index (Phi) is 9.96. The van der Waals surface area contributed by atoms with Crippen LogP contribution in [0.3, 0.4) is 0 Å². The van der Waals surface area contributed by atoms with Gasteiger partial charge in [-0.1, -0.05) is 176 Å². The van der Waals surface area contributed by atoms with E-state index in [9.17, 15) is 0 Å². The maximum Gasteiger partial charge on any atom is 0.0722 e. The Labute approximate surface area is 364 Å². The lowest BCUT2D eigenvalue weighted by Crippen LogP contribution is -2.35. The van der Waals surface area contributed by atoms with Gasteiger partial charge in [0.05, 0.1) is 17.3 Å². The van der Waals surface area contributed by atoms with Crippen molar-refractivity contribution in [2.24, 2.45) is 5.92 Å². The summed E-state index contributed by atoms with van der Waals surface area (Å²) >= 11 is 0. The molecular weight excluding hydrogens is 749 g/mol. The second kappa shape index (κ2) is 16.5. The quantitative estimate of drug-likeness (QED) is 0.155. The third kappa shape index (κ3) is 7.46. The highest BCUT2D eigenvalue weighted by atomic mass is 14.9. The van der Waals surface area contributed by atoms with E-state index in [1.807, 2.05) is 0 Å². The standard InChI is InChI=1S/C60H46N2/c1-6-17-41(18-7-1)50-34-51(42-19-8-2-9-20-42)36-53(35-50)58-39-52(38-57(62-58)45-23-12-4-13-24-45)48-28-16-27-47(33-48)49-30-29-44-31-32-56-60(54(44)37-49)55(43-21-10-3-11-22-43)40-59(61-56)46-25-14-5-15-26-46/h1-4,6-14,16-23,25-40,45,57,62H,5,15,24H2. The van der Waals surface area contributed by atoms with Crippen LogP contribution in [0.4, 0.5) is 0 Å². The Hall–Kier alpha value is -7.55. The van der Waals surface area contributed by atoms with Crippen molar-refractivity contribution in [1.82, 2.24) is 10.3 Å². The van der Waals surface area contributed by atoms with E-state index in [1.54, 1.807) is 0 Å². The van der Waals surface area contributed by atoms with E-state index < -0.39 is 0 Å². The molecule has 1 aromatic heterocycles. The van der Waals surface area contributed by atoms with Gasteiger partial charge in [-0.25, -0.2) is 4.98 Å². The van der Waals surface area contributed by atoms with Crippen LogP contribution in [-0.2, 0) is 0 Å². The number of benzene rings is 7. The molecule has 0 radical (unpaired) electrons. The molecule has 7 aromatic carbocycles. The molecule has 0 saturated carbocycles. The molecule has 296 valence electrons. The molecule has 2 aliphatic carbocycles. The van der Waals surface area contributed by atoms with Gasteiger partial charge in [-0.2, -0.15) is 0 Å². The molecule has 8 aromatic rings. The normalized spacial score (nSPS) is 17.1. The van der Waals surface area contributed by atoms with Gasteiger partial charge in [0, 0.05) is 17.0 Å². The summed E-state index contributed by atoms with van der Waals surface area (Å²) in [6, 6.07) is 62.1. The number of fused-ring (bicyclic) bond motifs is 3. The van der Waals surface area contributed by atoms with Crippen LogP contribution >= 0.6 is 0 Å². The molecule has 2 unspecified atom stereocenters. The third-order valence-corrected chi connectivity index (χ3v) is 12.6. The van der Waals surface area contributed by atoms with Gasteiger partial charge in [-0.05, 0) is 145 Å². The van der Waals surface area contributed by atoms with Gasteiger partial charge >= 0.3 is 0 Å². The fraction of sp³-hybridized carbons (Fsp3) is 0.0833. The van der Waals surface area contributed by atoms with Crippen molar-refractivity contribution in [2.75, 3.05) is 0 Å². The van der Waals surface area contributed by atoms with E-state index in [-0.39, 0.29) is 6.04 Å². The predicted octanol–water partition coefficient (Wildman–Crippen LogP) is 15.3. The van der Waals surface area contributed by atoms with Gasteiger partial charge in [-0.15, -0.1) is 0 Å². The molecular formula is C60H46N2. The number of pyridine rings is 1. The minimum atomic E-state index is 0.121. The van der Waals surface area contributed by atoms with Crippen LogP contribution in [0.25, 0.3) is 83.0 Å². The minimum absolute atomic E-state index is 0.121. The van der Waals surface area contributed by atoms with Crippen LogP contribution in [-0.4, -0.2) is 11.0 Å². The molecule has 0 spiro atoms. The third-order valence-electron chi connectivity index (χ3n) is 12.6. The van der Waals surface area contributed by atoms with Crippen molar-refractivity contribution < 1.29 is 0 Å². The van der Waals surface area contributed by atoms with Crippen molar-refractivity contribution in [1.29, 1.82) is 0 Å². The minimum Gasteiger partial charge on any atom is -0.378 e. The Morgan fingerprint density at radius 1 is 0.500 bits per heavy atom. The predicted molar refractivity (Wildman–Crippen MR) is 263 cm³/mol. The summed E-state index contributed by atoms with van der Waals surface area (Å²) in [7, 11) is 0. The summed E-state index contributed by atoms with van der Waals surface area (Å²) in [5.74, 6) is 0.333. The highest BCUT2D eigenvalue weighted by Crippen LogP contribution is 2.40. The zero-order chi connectivity index (χ0) is 41.2. The van der Waals surface area contributed by atoms with E-state index >= 15 is 0 Å². The molecule has 0 bridgehead atoms.